The van der Waals surface area contributed by atoms with Gasteiger partial charge in [0.1, 0.15) is 5.60 Å². The Balaban J connectivity index is 1.85. The summed E-state index contributed by atoms with van der Waals surface area (Å²) in [6.45, 7) is 13.0. The Morgan fingerprint density at radius 3 is 2.05 bits per heavy atom. The molecule has 198 valence electrons. The van der Waals surface area contributed by atoms with E-state index in [4.69, 9.17) is 4.74 Å². The highest BCUT2D eigenvalue weighted by molar-refractivity contribution is 9.10. The number of halogens is 1. The van der Waals surface area contributed by atoms with Gasteiger partial charge in [-0.1, -0.05) is 58.4 Å². The zero-order valence-corrected chi connectivity index (χ0v) is 25.1. The number of hydrogen-bond acceptors (Lipinski definition) is 4. The number of esters is 1. The second-order valence-electron chi connectivity index (χ2n) is 10.6. The van der Waals surface area contributed by atoms with Crippen LogP contribution in [0, 0.1) is 27.7 Å². The van der Waals surface area contributed by atoms with E-state index in [1.165, 1.54) is 0 Å². The predicted molar refractivity (Wildman–Crippen MR) is 158 cm³/mol. The van der Waals surface area contributed by atoms with Gasteiger partial charge in [0.15, 0.2) is 0 Å². The van der Waals surface area contributed by atoms with Crippen molar-refractivity contribution >= 4 is 48.4 Å². The molecule has 0 radical (unpaired) electrons. The molecule has 0 unspecified atom stereocenters. The Hall–Kier alpha value is -3.16. The summed E-state index contributed by atoms with van der Waals surface area (Å²) in [4.78, 5) is 13.0. The van der Waals surface area contributed by atoms with E-state index in [0.717, 1.165) is 44.2 Å². The lowest BCUT2D eigenvalue weighted by Gasteiger charge is -2.20. The number of carbonyl (C=O) groups is 1. The molecule has 0 aromatic heterocycles. The largest absolute Gasteiger partial charge is 0.456 e. The van der Waals surface area contributed by atoms with Crippen LogP contribution in [0.15, 0.2) is 70.0 Å². The van der Waals surface area contributed by atoms with Gasteiger partial charge in [0.25, 0.3) is 10.0 Å². The molecule has 4 aromatic carbocycles. The number of ether oxygens (including phenoxy) is 1. The molecule has 1 N–H and O–H groups in total. The van der Waals surface area contributed by atoms with E-state index >= 15 is 0 Å². The number of rotatable bonds is 5. The van der Waals surface area contributed by atoms with Crippen molar-refractivity contribution in [3.63, 3.8) is 0 Å². The molecule has 0 amide bonds. The summed E-state index contributed by atoms with van der Waals surface area (Å²) in [5, 5.41) is 1.59. The number of sulfonamides is 1. The number of nitrogens with one attached hydrogen (secondary N) is 1. The molecule has 0 bridgehead atoms. The molecule has 0 atom stereocenters. The third-order valence-electron chi connectivity index (χ3n) is 6.59. The van der Waals surface area contributed by atoms with Gasteiger partial charge in [-0.15, -0.1) is 0 Å². The van der Waals surface area contributed by atoms with E-state index in [-0.39, 0.29) is 0 Å². The molecule has 7 heteroatoms. The van der Waals surface area contributed by atoms with Crippen LogP contribution in [0.4, 0.5) is 5.69 Å². The van der Waals surface area contributed by atoms with Crippen molar-refractivity contribution in [1.82, 2.24) is 0 Å². The highest BCUT2D eigenvalue weighted by Gasteiger charge is 2.24. The minimum absolute atomic E-state index is 0.310. The van der Waals surface area contributed by atoms with E-state index in [0.29, 0.717) is 20.6 Å². The van der Waals surface area contributed by atoms with Crippen LogP contribution >= 0.6 is 15.9 Å². The standard InChI is InChI=1S/C31H32BrNO4S/c1-18-15-19(2)21(4)29(20(18)3)38(35,36)33-27-17-26(32)28(25-14-9-8-13-24(25)27)22-11-10-12-23(16-22)30(34)37-31(5,6)7/h8-17,33H,1-7H3. The van der Waals surface area contributed by atoms with Gasteiger partial charge >= 0.3 is 5.97 Å². The van der Waals surface area contributed by atoms with Crippen molar-refractivity contribution in [1.29, 1.82) is 0 Å². The topological polar surface area (TPSA) is 72.5 Å². The van der Waals surface area contributed by atoms with Gasteiger partial charge in [-0.05, 0) is 99.9 Å². The molecular weight excluding hydrogens is 562 g/mol. The Morgan fingerprint density at radius 2 is 1.45 bits per heavy atom. The minimum Gasteiger partial charge on any atom is -0.456 e. The molecule has 4 aromatic rings. The van der Waals surface area contributed by atoms with Crippen molar-refractivity contribution < 1.29 is 17.9 Å². The van der Waals surface area contributed by atoms with Crippen LogP contribution in [0.25, 0.3) is 21.9 Å². The first-order valence-electron chi connectivity index (χ1n) is 12.3. The Morgan fingerprint density at radius 1 is 0.842 bits per heavy atom. The van der Waals surface area contributed by atoms with Gasteiger partial charge in [0.2, 0.25) is 0 Å². The maximum atomic E-state index is 13.7. The molecule has 0 fully saturated rings. The van der Waals surface area contributed by atoms with E-state index in [1.807, 2.05) is 90.9 Å². The molecule has 5 nitrogen and oxygen atoms in total. The van der Waals surface area contributed by atoms with Crippen LogP contribution in [0.2, 0.25) is 0 Å². The molecule has 0 aliphatic heterocycles. The molecule has 0 saturated carbocycles. The summed E-state index contributed by atoms with van der Waals surface area (Å²) in [5.74, 6) is -0.400. The quantitative estimate of drug-likeness (QED) is 0.236. The number of fused-ring (bicyclic) bond motifs is 1. The Labute approximate surface area is 233 Å². The van der Waals surface area contributed by atoms with Crippen LogP contribution < -0.4 is 4.72 Å². The first kappa shape index (κ1) is 27.9. The molecule has 0 saturated heterocycles. The van der Waals surface area contributed by atoms with Crippen LogP contribution in [-0.4, -0.2) is 20.0 Å². The highest BCUT2D eigenvalue weighted by atomic mass is 79.9. The Bertz CT molecular complexity index is 1660. The molecule has 0 aliphatic rings. The fourth-order valence-electron chi connectivity index (χ4n) is 4.64. The smallest absolute Gasteiger partial charge is 0.338 e. The molecule has 0 aliphatic carbocycles. The normalized spacial score (nSPS) is 12.0. The number of benzene rings is 4. The summed E-state index contributed by atoms with van der Waals surface area (Å²) < 4.78 is 36.5. The van der Waals surface area contributed by atoms with Gasteiger partial charge < -0.3 is 4.74 Å². The second-order valence-corrected chi connectivity index (χ2v) is 13.1. The fourth-order valence-corrected chi connectivity index (χ4v) is 7.00. The third kappa shape index (κ3) is 5.49. The summed E-state index contributed by atoms with van der Waals surface area (Å²) in [6, 6.07) is 18.7. The third-order valence-corrected chi connectivity index (χ3v) is 8.86. The summed E-state index contributed by atoms with van der Waals surface area (Å²) in [5.41, 5.74) is 5.31. The van der Waals surface area contributed by atoms with Crippen molar-refractivity contribution in [2.24, 2.45) is 0 Å². The predicted octanol–water partition coefficient (Wildman–Crippen LogP) is 8.26. The number of aryl methyl sites for hydroxylation is 2. The van der Waals surface area contributed by atoms with Crippen molar-refractivity contribution in [3.8, 4) is 11.1 Å². The van der Waals surface area contributed by atoms with Crippen LogP contribution in [0.3, 0.4) is 0 Å². The lowest BCUT2D eigenvalue weighted by molar-refractivity contribution is 0.00695. The van der Waals surface area contributed by atoms with Crippen LogP contribution in [0.1, 0.15) is 53.4 Å². The first-order chi connectivity index (χ1) is 17.7. The summed E-state index contributed by atoms with van der Waals surface area (Å²) >= 11 is 3.68. The molecule has 0 spiro atoms. The molecule has 0 heterocycles. The lowest BCUT2D eigenvalue weighted by Crippen LogP contribution is -2.23. The molecule has 38 heavy (non-hydrogen) atoms. The van der Waals surface area contributed by atoms with Crippen molar-refractivity contribution in [2.75, 3.05) is 4.72 Å². The van der Waals surface area contributed by atoms with Gasteiger partial charge in [0.05, 0.1) is 16.1 Å². The van der Waals surface area contributed by atoms with E-state index in [2.05, 4.69) is 20.7 Å². The van der Waals surface area contributed by atoms with E-state index < -0.39 is 21.6 Å². The molecule has 4 rings (SSSR count). The van der Waals surface area contributed by atoms with Gasteiger partial charge in [-0.3, -0.25) is 4.72 Å². The van der Waals surface area contributed by atoms with Gasteiger partial charge in [-0.25, -0.2) is 13.2 Å². The molecular formula is C31H32BrNO4S. The average Bonchev–Trinajstić information content (AvgIpc) is 2.82. The number of hydrogen-bond donors (Lipinski definition) is 1. The number of anilines is 1. The highest BCUT2D eigenvalue weighted by Crippen LogP contribution is 2.41. The van der Waals surface area contributed by atoms with E-state index in [9.17, 15) is 13.2 Å². The maximum absolute atomic E-state index is 13.7. The zero-order chi connectivity index (χ0) is 28.0. The van der Waals surface area contributed by atoms with Crippen LogP contribution in [0.5, 0.6) is 0 Å². The summed E-state index contributed by atoms with van der Waals surface area (Å²) in [7, 11) is -3.87. The Kier molecular flexibility index (Phi) is 7.47. The first-order valence-corrected chi connectivity index (χ1v) is 14.6. The SMILES string of the molecule is Cc1cc(C)c(C)c(S(=O)(=O)Nc2cc(Br)c(-c3cccc(C(=O)OC(C)(C)C)c3)c3ccccc23)c1C. The van der Waals surface area contributed by atoms with Crippen LogP contribution in [-0.2, 0) is 14.8 Å². The zero-order valence-electron chi connectivity index (χ0n) is 22.7. The minimum atomic E-state index is -3.87. The van der Waals surface area contributed by atoms with Crippen molar-refractivity contribution in [2.45, 2.75) is 59.0 Å². The second kappa shape index (κ2) is 10.2. The lowest BCUT2D eigenvalue weighted by atomic mass is 9.96. The van der Waals surface area contributed by atoms with E-state index in [1.54, 1.807) is 18.2 Å². The maximum Gasteiger partial charge on any atom is 0.338 e. The number of carbonyl (C=O) groups excluding carboxylic acids is 1. The monoisotopic (exact) mass is 593 g/mol. The van der Waals surface area contributed by atoms with Crippen molar-refractivity contribution in [3.05, 3.63) is 93.0 Å². The fraction of sp³-hybridized carbons (Fsp3) is 0.258. The summed E-state index contributed by atoms with van der Waals surface area (Å²) in [6.07, 6.45) is 0. The average molecular weight is 595 g/mol. The van der Waals surface area contributed by atoms with Gasteiger partial charge in [0, 0.05) is 15.4 Å². The van der Waals surface area contributed by atoms with Gasteiger partial charge in [-0.2, -0.15) is 0 Å².